The molecular formula is C22H32Cl2N2O6. The van der Waals surface area contributed by atoms with Crippen LogP contribution >= 0.6 is 24.8 Å². The van der Waals surface area contributed by atoms with Crippen LogP contribution in [0, 0.1) is 5.92 Å². The number of ether oxygens (including phenoxy) is 2. The average molecular weight is 491 g/mol. The van der Waals surface area contributed by atoms with E-state index in [0.29, 0.717) is 23.5 Å². The molecule has 4 aliphatic rings. The van der Waals surface area contributed by atoms with E-state index >= 15 is 0 Å². The van der Waals surface area contributed by atoms with Gasteiger partial charge in [-0.05, 0) is 52.1 Å². The van der Waals surface area contributed by atoms with Gasteiger partial charge in [0.2, 0.25) is 0 Å². The number of methoxy groups -OCH3 is 1. The normalized spacial score (nSPS) is 33.6. The Kier molecular flexibility index (Phi) is 6.86. The number of rotatable bonds is 5. The fourth-order valence-electron chi connectivity index (χ4n) is 6.79. The largest absolute Gasteiger partial charge is 0.504 e. The van der Waals surface area contributed by atoms with E-state index in [1.165, 1.54) is 6.92 Å². The second kappa shape index (κ2) is 8.72. The lowest BCUT2D eigenvalue weighted by Crippen LogP contribution is -2.69. The van der Waals surface area contributed by atoms with E-state index < -0.39 is 18.1 Å². The van der Waals surface area contributed by atoms with Crippen LogP contribution in [-0.2, 0) is 16.6 Å². The Labute approximate surface area is 200 Å². The first-order valence-electron chi connectivity index (χ1n) is 10.8. The molecule has 0 radical (unpaired) electrons. The standard InChI is InChI=1S/C22H30N2O6.2ClH/c1-10(25)18(21(27)28)23-13-5-4-12-14-8-11-16(29-3)9-15(26)19-17(11)22(12,20(13)30-19)6-7-24(14)2;;/h9-10,12-14,18,20,23,25-26H,4-8H2,1-3H3,(H,27,28);2*1H/t10-,12+,13+,14-,18+,20+,22+;;/m1../s1. The number of hydrogen-bond acceptors (Lipinski definition) is 7. The van der Waals surface area contributed by atoms with Crippen LogP contribution in [0.15, 0.2) is 6.07 Å². The van der Waals surface area contributed by atoms with Gasteiger partial charge in [0.1, 0.15) is 17.9 Å². The van der Waals surface area contributed by atoms with Gasteiger partial charge < -0.3 is 29.7 Å². The van der Waals surface area contributed by atoms with E-state index in [9.17, 15) is 20.1 Å². The van der Waals surface area contributed by atoms with Crippen molar-refractivity contribution in [2.24, 2.45) is 5.92 Å². The first-order chi connectivity index (χ1) is 14.3. The quantitative estimate of drug-likeness (QED) is 0.493. The van der Waals surface area contributed by atoms with E-state index in [4.69, 9.17) is 9.47 Å². The minimum atomic E-state index is -1.07. The zero-order chi connectivity index (χ0) is 21.4. The highest BCUT2D eigenvalue weighted by Crippen LogP contribution is 2.65. The Morgan fingerprint density at radius 3 is 2.72 bits per heavy atom. The number of phenols is 1. The number of phenolic OH excluding ortho intramolecular Hbond substituents is 1. The summed E-state index contributed by atoms with van der Waals surface area (Å²) >= 11 is 0. The minimum absolute atomic E-state index is 0. The summed E-state index contributed by atoms with van der Waals surface area (Å²) in [5.74, 6) is 0.594. The molecular weight excluding hydrogens is 459 g/mol. The van der Waals surface area contributed by atoms with Gasteiger partial charge in [-0.25, -0.2) is 0 Å². The number of piperidine rings is 1. The summed E-state index contributed by atoms with van der Waals surface area (Å²) in [6.45, 7) is 2.41. The van der Waals surface area contributed by atoms with Crippen LogP contribution < -0.4 is 14.8 Å². The molecule has 5 rings (SSSR count). The Bertz CT molecular complexity index is 900. The number of carbonyl (C=O) groups is 1. The van der Waals surface area contributed by atoms with Gasteiger partial charge in [0, 0.05) is 34.7 Å². The van der Waals surface area contributed by atoms with Crippen LogP contribution in [0.2, 0.25) is 0 Å². The van der Waals surface area contributed by atoms with E-state index in [0.717, 1.165) is 43.4 Å². The molecule has 0 aromatic heterocycles. The van der Waals surface area contributed by atoms with Crippen molar-refractivity contribution in [3.8, 4) is 17.2 Å². The number of likely N-dealkylation sites (N-methyl/N-ethyl adjacent to an activating group) is 1. The number of aliphatic hydroxyl groups is 1. The maximum absolute atomic E-state index is 11.7. The van der Waals surface area contributed by atoms with Crippen molar-refractivity contribution in [2.75, 3.05) is 20.7 Å². The van der Waals surface area contributed by atoms with Gasteiger partial charge in [0.05, 0.1) is 13.2 Å². The molecule has 10 heteroatoms. The summed E-state index contributed by atoms with van der Waals surface area (Å²) in [6.07, 6.45) is 2.12. The molecule has 0 amide bonds. The van der Waals surface area contributed by atoms with Gasteiger partial charge in [-0.15, -0.1) is 24.8 Å². The van der Waals surface area contributed by atoms with Gasteiger partial charge in [-0.1, -0.05) is 0 Å². The van der Waals surface area contributed by atoms with Crippen molar-refractivity contribution in [2.45, 2.75) is 68.4 Å². The summed E-state index contributed by atoms with van der Waals surface area (Å²) < 4.78 is 12.1. The highest BCUT2D eigenvalue weighted by Gasteiger charge is 2.66. The molecule has 1 saturated heterocycles. The molecule has 2 heterocycles. The van der Waals surface area contributed by atoms with E-state index in [2.05, 4.69) is 17.3 Å². The molecule has 2 bridgehead atoms. The minimum Gasteiger partial charge on any atom is -0.504 e. The zero-order valence-electron chi connectivity index (χ0n) is 18.4. The number of aromatic hydroxyl groups is 1. The molecule has 2 aliphatic carbocycles. The number of benzene rings is 1. The lowest BCUT2D eigenvalue weighted by Gasteiger charge is -2.59. The molecule has 1 saturated carbocycles. The van der Waals surface area contributed by atoms with E-state index in [1.54, 1.807) is 13.2 Å². The fraction of sp³-hybridized carbons (Fsp3) is 0.682. The van der Waals surface area contributed by atoms with Gasteiger partial charge in [0.15, 0.2) is 11.5 Å². The van der Waals surface area contributed by atoms with Crippen molar-refractivity contribution in [3.63, 3.8) is 0 Å². The summed E-state index contributed by atoms with van der Waals surface area (Å²) in [4.78, 5) is 14.1. The second-order valence-electron chi connectivity index (χ2n) is 9.38. The summed E-state index contributed by atoms with van der Waals surface area (Å²) in [7, 11) is 3.79. The molecule has 2 aliphatic heterocycles. The van der Waals surface area contributed by atoms with Crippen LogP contribution in [0.5, 0.6) is 17.2 Å². The Morgan fingerprint density at radius 2 is 2.09 bits per heavy atom. The maximum Gasteiger partial charge on any atom is 0.323 e. The third-order valence-corrected chi connectivity index (χ3v) is 8.04. The number of nitrogens with zero attached hydrogens (tertiary/aromatic N) is 1. The predicted octanol–water partition coefficient (Wildman–Crippen LogP) is 1.71. The number of aliphatic hydroxyl groups excluding tert-OH is 1. The van der Waals surface area contributed by atoms with Crippen molar-refractivity contribution in [1.82, 2.24) is 10.2 Å². The van der Waals surface area contributed by atoms with E-state index in [-0.39, 0.29) is 48.1 Å². The van der Waals surface area contributed by atoms with Gasteiger partial charge in [-0.3, -0.25) is 10.1 Å². The second-order valence-corrected chi connectivity index (χ2v) is 9.38. The molecule has 8 nitrogen and oxygen atoms in total. The van der Waals surface area contributed by atoms with Crippen LogP contribution in [0.3, 0.4) is 0 Å². The molecule has 0 unspecified atom stereocenters. The number of carboxylic acids is 1. The van der Waals surface area contributed by atoms with E-state index in [1.807, 2.05) is 0 Å². The first kappa shape index (κ1) is 25.2. The molecule has 32 heavy (non-hydrogen) atoms. The molecule has 4 N–H and O–H groups in total. The SMILES string of the molecule is COc1cc(O)c2c3c1C[C@@H]1[C@@H]4CC[C@H](N[C@H](C(=O)O)[C@@H](C)O)[C@H](O2)[C@]34CCN1C.Cl.Cl. The van der Waals surface area contributed by atoms with Crippen molar-refractivity contribution in [1.29, 1.82) is 0 Å². The van der Waals surface area contributed by atoms with Crippen LogP contribution in [0.4, 0.5) is 0 Å². The first-order valence-corrected chi connectivity index (χ1v) is 10.8. The number of carboxylic acid groups (broad SMARTS) is 1. The number of hydrogen-bond donors (Lipinski definition) is 4. The Balaban J connectivity index is 0.00000144. The van der Waals surface area contributed by atoms with Crippen LogP contribution in [-0.4, -0.2) is 77.2 Å². The topological polar surface area (TPSA) is 111 Å². The van der Waals surface area contributed by atoms with Gasteiger partial charge >= 0.3 is 5.97 Å². The van der Waals surface area contributed by atoms with Crippen LogP contribution in [0.25, 0.3) is 0 Å². The summed E-state index contributed by atoms with van der Waals surface area (Å²) in [6, 6.07) is 0.694. The summed E-state index contributed by atoms with van der Waals surface area (Å²) in [5, 5.41) is 33.5. The van der Waals surface area contributed by atoms with Crippen LogP contribution in [0.1, 0.15) is 37.3 Å². The Morgan fingerprint density at radius 1 is 1.38 bits per heavy atom. The van der Waals surface area contributed by atoms with Gasteiger partial charge in [0.25, 0.3) is 0 Å². The third-order valence-electron chi connectivity index (χ3n) is 8.04. The van der Waals surface area contributed by atoms with Crippen molar-refractivity contribution in [3.05, 3.63) is 17.2 Å². The molecule has 7 atom stereocenters. The highest BCUT2D eigenvalue weighted by atomic mass is 35.5. The number of nitrogens with one attached hydrogen (secondary N) is 1. The number of aliphatic carboxylic acids is 1. The lowest BCUT2D eigenvalue weighted by molar-refractivity contribution is -0.143. The average Bonchev–Trinajstić information content (AvgIpc) is 3.05. The number of halogens is 2. The predicted molar refractivity (Wildman–Crippen MR) is 123 cm³/mol. The molecule has 180 valence electrons. The maximum atomic E-state index is 11.7. The molecule has 1 spiro atoms. The van der Waals surface area contributed by atoms with Gasteiger partial charge in [-0.2, -0.15) is 0 Å². The molecule has 2 fully saturated rings. The summed E-state index contributed by atoms with van der Waals surface area (Å²) in [5.41, 5.74) is 1.88. The molecule has 1 aromatic rings. The smallest absolute Gasteiger partial charge is 0.323 e. The van der Waals surface area contributed by atoms with Crippen molar-refractivity contribution >= 4 is 30.8 Å². The number of likely N-dealkylation sites (tertiary alicyclic amines) is 1. The fourth-order valence-corrected chi connectivity index (χ4v) is 6.79. The highest BCUT2D eigenvalue weighted by molar-refractivity contribution is 5.85. The third kappa shape index (κ3) is 3.26. The monoisotopic (exact) mass is 490 g/mol. The zero-order valence-corrected chi connectivity index (χ0v) is 20.0. The lowest BCUT2D eigenvalue weighted by atomic mass is 9.51. The van der Waals surface area contributed by atoms with Crippen molar-refractivity contribution < 1.29 is 29.6 Å². The molecule has 1 aromatic carbocycles. The Hall–Kier alpha value is -1.45.